The predicted octanol–water partition coefficient (Wildman–Crippen LogP) is 3.77. The topological polar surface area (TPSA) is 29.1 Å². The van der Waals surface area contributed by atoms with Crippen LogP contribution < -0.4 is 5.32 Å². The van der Waals surface area contributed by atoms with E-state index in [1.54, 1.807) is 0 Å². The van der Waals surface area contributed by atoms with E-state index in [1.807, 2.05) is 13.8 Å². The molecule has 1 aromatic carbocycles. The predicted molar refractivity (Wildman–Crippen MR) is 71.4 cm³/mol. The molecule has 0 aliphatic carbocycles. The van der Waals surface area contributed by atoms with Crippen LogP contribution in [-0.4, -0.2) is 16.8 Å². The van der Waals surface area contributed by atoms with Gasteiger partial charge in [-0.25, -0.2) is 4.39 Å². The first-order valence-corrected chi connectivity index (χ1v) is 6.75. The van der Waals surface area contributed by atoms with E-state index < -0.39 is 5.82 Å². The molecule has 0 aromatic heterocycles. The number of halogens is 3. The quantitative estimate of drug-likeness (QED) is 0.840. The van der Waals surface area contributed by atoms with E-state index in [9.17, 15) is 9.18 Å². The summed E-state index contributed by atoms with van der Waals surface area (Å²) in [7, 11) is 0. The Kier molecular flexibility index (Phi) is 4.95. The number of nitrogens with one attached hydrogen (secondary N) is 1. The maximum absolute atomic E-state index is 12.9. The van der Waals surface area contributed by atoms with Crippen molar-refractivity contribution in [3.05, 3.63) is 34.6 Å². The third kappa shape index (κ3) is 3.68. The van der Waals surface area contributed by atoms with Gasteiger partial charge in [0.15, 0.2) is 0 Å². The molecule has 0 fully saturated rings. The molecule has 1 amide bonds. The molecule has 0 aliphatic rings. The number of carbonyl (C=O) groups is 1. The summed E-state index contributed by atoms with van der Waals surface area (Å²) in [5.74, 6) is -0.746. The summed E-state index contributed by atoms with van der Waals surface area (Å²) in [5, 5.41) is 3.64. The summed E-state index contributed by atoms with van der Waals surface area (Å²) in [6.45, 7) is 3.91. The molecule has 0 bridgehead atoms. The Labute approximate surface area is 114 Å². The van der Waals surface area contributed by atoms with Crippen molar-refractivity contribution in [1.29, 1.82) is 0 Å². The van der Waals surface area contributed by atoms with Crippen molar-refractivity contribution in [2.45, 2.75) is 25.8 Å². The lowest BCUT2D eigenvalue weighted by Crippen LogP contribution is -2.47. The third-order valence-corrected chi connectivity index (χ3v) is 4.22. The minimum Gasteiger partial charge on any atom is -0.346 e. The van der Waals surface area contributed by atoms with E-state index in [1.165, 1.54) is 12.1 Å². The first kappa shape index (κ1) is 14.5. The van der Waals surface area contributed by atoms with Gasteiger partial charge in [0.2, 0.25) is 0 Å². The second kappa shape index (κ2) is 5.83. The molecule has 0 spiro atoms. The smallest absolute Gasteiger partial charge is 0.253 e. The maximum atomic E-state index is 12.9. The van der Waals surface area contributed by atoms with Gasteiger partial charge >= 0.3 is 0 Å². The highest BCUT2D eigenvalue weighted by Crippen LogP contribution is 2.19. The summed E-state index contributed by atoms with van der Waals surface area (Å²) in [6, 6.07) is 3.74. The second-order valence-electron chi connectivity index (χ2n) is 4.13. The van der Waals surface area contributed by atoms with E-state index in [-0.39, 0.29) is 22.0 Å². The number of amides is 1. The molecule has 94 valence electrons. The minimum atomic E-state index is -0.453. The molecule has 5 heteroatoms. The molecule has 0 heterocycles. The molecule has 0 saturated heterocycles. The van der Waals surface area contributed by atoms with Crippen LogP contribution >= 0.6 is 27.5 Å². The molecule has 1 N–H and O–H groups in total. The molecule has 0 radical (unpaired) electrons. The highest BCUT2D eigenvalue weighted by Gasteiger charge is 2.24. The monoisotopic (exact) mass is 321 g/mol. The molecule has 1 unspecified atom stereocenters. The van der Waals surface area contributed by atoms with Gasteiger partial charge in [-0.1, -0.05) is 34.5 Å². The molecular weight excluding hydrogens is 308 g/mol. The lowest BCUT2D eigenvalue weighted by Gasteiger charge is -2.27. The zero-order valence-corrected chi connectivity index (χ0v) is 12.0. The zero-order valence-electron chi connectivity index (χ0n) is 9.69. The van der Waals surface area contributed by atoms with E-state index in [0.29, 0.717) is 5.33 Å². The highest BCUT2D eigenvalue weighted by atomic mass is 79.9. The van der Waals surface area contributed by atoms with Crippen molar-refractivity contribution < 1.29 is 9.18 Å². The van der Waals surface area contributed by atoms with Gasteiger partial charge in [0.25, 0.3) is 5.91 Å². The normalized spacial score (nSPS) is 14.2. The largest absolute Gasteiger partial charge is 0.346 e. The number of carbonyl (C=O) groups excluding carboxylic acids is 1. The van der Waals surface area contributed by atoms with Gasteiger partial charge in [-0.15, -0.1) is 0 Å². The molecule has 17 heavy (non-hydrogen) atoms. The molecule has 0 saturated carbocycles. The fraction of sp³-hybridized carbons (Fsp3) is 0.417. The average Bonchev–Trinajstić information content (AvgIpc) is 2.28. The van der Waals surface area contributed by atoms with Crippen molar-refractivity contribution >= 4 is 33.4 Å². The standard InChI is InChI=1S/C12H14BrClFNO/c1-3-12(2,7-13)16-11(17)9-5-4-8(15)6-10(9)14/h4-6H,3,7H2,1-2H3,(H,16,17). The van der Waals surface area contributed by atoms with Crippen LogP contribution in [0.2, 0.25) is 5.02 Å². The zero-order chi connectivity index (χ0) is 13.1. The van der Waals surface area contributed by atoms with Crippen LogP contribution in [0.1, 0.15) is 30.6 Å². The summed E-state index contributed by atoms with van der Waals surface area (Å²) in [4.78, 5) is 12.0. The van der Waals surface area contributed by atoms with Crippen LogP contribution in [0, 0.1) is 5.82 Å². The molecule has 1 aromatic rings. The van der Waals surface area contributed by atoms with Crippen LogP contribution in [0.15, 0.2) is 18.2 Å². The van der Waals surface area contributed by atoms with Crippen molar-refractivity contribution in [2.24, 2.45) is 0 Å². The highest BCUT2D eigenvalue weighted by molar-refractivity contribution is 9.09. The van der Waals surface area contributed by atoms with Gasteiger partial charge in [0.1, 0.15) is 5.82 Å². The Hall–Kier alpha value is -0.610. The van der Waals surface area contributed by atoms with Crippen molar-refractivity contribution in [3.63, 3.8) is 0 Å². The number of alkyl halides is 1. The lowest BCUT2D eigenvalue weighted by atomic mass is 10.0. The van der Waals surface area contributed by atoms with Gasteiger partial charge in [0, 0.05) is 10.9 Å². The molecular formula is C12H14BrClFNO. The fourth-order valence-electron chi connectivity index (χ4n) is 1.23. The fourth-order valence-corrected chi connectivity index (χ4v) is 2.02. The van der Waals surface area contributed by atoms with Gasteiger partial charge < -0.3 is 5.32 Å². The first-order chi connectivity index (χ1) is 7.91. The first-order valence-electron chi connectivity index (χ1n) is 5.25. The van der Waals surface area contributed by atoms with E-state index in [2.05, 4.69) is 21.2 Å². The van der Waals surface area contributed by atoms with Crippen LogP contribution in [0.3, 0.4) is 0 Å². The number of hydrogen-bond acceptors (Lipinski definition) is 1. The van der Waals surface area contributed by atoms with E-state index in [0.717, 1.165) is 12.5 Å². The van der Waals surface area contributed by atoms with Gasteiger partial charge in [0.05, 0.1) is 10.6 Å². The summed E-state index contributed by atoms with van der Waals surface area (Å²) >= 11 is 9.18. The Balaban J connectivity index is 2.90. The van der Waals surface area contributed by atoms with E-state index >= 15 is 0 Å². The van der Waals surface area contributed by atoms with Crippen molar-refractivity contribution in [1.82, 2.24) is 5.32 Å². The lowest BCUT2D eigenvalue weighted by molar-refractivity contribution is 0.0913. The summed E-state index contributed by atoms with van der Waals surface area (Å²) < 4.78 is 12.9. The minimum absolute atomic E-state index is 0.121. The average molecular weight is 323 g/mol. The van der Waals surface area contributed by atoms with E-state index in [4.69, 9.17) is 11.6 Å². The Bertz CT molecular complexity index is 421. The number of benzene rings is 1. The SMILES string of the molecule is CCC(C)(CBr)NC(=O)c1ccc(F)cc1Cl. The van der Waals surface area contributed by atoms with Gasteiger partial charge in [-0.2, -0.15) is 0 Å². The Morgan fingerprint density at radius 2 is 2.24 bits per heavy atom. The van der Waals surface area contributed by atoms with Crippen LogP contribution in [0.25, 0.3) is 0 Å². The Morgan fingerprint density at radius 3 is 2.71 bits per heavy atom. The van der Waals surface area contributed by atoms with Crippen molar-refractivity contribution in [2.75, 3.05) is 5.33 Å². The molecule has 0 aliphatic heterocycles. The molecule has 1 rings (SSSR count). The second-order valence-corrected chi connectivity index (χ2v) is 5.09. The molecule has 1 atom stereocenters. The summed E-state index contributed by atoms with van der Waals surface area (Å²) in [5.41, 5.74) is -0.0527. The maximum Gasteiger partial charge on any atom is 0.253 e. The van der Waals surface area contributed by atoms with Crippen LogP contribution in [0.4, 0.5) is 4.39 Å². The van der Waals surface area contributed by atoms with Gasteiger partial charge in [-0.05, 0) is 31.5 Å². The number of hydrogen-bond donors (Lipinski definition) is 1. The summed E-state index contributed by atoms with van der Waals surface area (Å²) in [6.07, 6.45) is 0.781. The number of rotatable bonds is 4. The van der Waals surface area contributed by atoms with Crippen LogP contribution in [-0.2, 0) is 0 Å². The molecule has 2 nitrogen and oxygen atoms in total. The van der Waals surface area contributed by atoms with Crippen molar-refractivity contribution in [3.8, 4) is 0 Å². The van der Waals surface area contributed by atoms with Gasteiger partial charge in [-0.3, -0.25) is 4.79 Å². The van der Waals surface area contributed by atoms with Crippen LogP contribution in [0.5, 0.6) is 0 Å². The Morgan fingerprint density at radius 1 is 1.59 bits per heavy atom. The third-order valence-electron chi connectivity index (χ3n) is 2.67.